The Bertz CT molecular complexity index is 522. The van der Waals surface area contributed by atoms with Crippen molar-refractivity contribution in [1.82, 2.24) is 4.90 Å². The minimum absolute atomic E-state index is 0. The summed E-state index contributed by atoms with van der Waals surface area (Å²) in [5.41, 5.74) is 7.17. The first kappa shape index (κ1) is 18.2. The zero-order chi connectivity index (χ0) is 15.7. The molecule has 0 spiro atoms. The largest absolute Gasteiger partial charge is 0.327 e. The summed E-state index contributed by atoms with van der Waals surface area (Å²) in [6.07, 6.45) is 2.38. The Labute approximate surface area is 145 Å². The number of benzene rings is 1. The number of nitrogens with zero attached hydrogens (tertiary/aromatic N) is 2. The van der Waals surface area contributed by atoms with Crippen molar-refractivity contribution in [1.29, 1.82) is 0 Å². The van der Waals surface area contributed by atoms with E-state index in [1.807, 2.05) is 35.2 Å². The monoisotopic (exact) mass is 337 g/mol. The van der Waals surface area contributed by atoms with Crippen LogP contribution in [0.1, 0.15) is 26.7 Å². The summed E-state index contributed by atoms with van der Waals surface area (Å²) >= 11 is 0. The van der Waals surface area contributed by atoms with Gasteiger partial charge in [-0.3, -0.25) is 9.69 Å². The van der Waals surface area contributed by atoms with Gasteiger partial charge in [-0.25, -0.2) is 0 Å². The van der Waals surface area contributed by atoms with E-state index in [1.54, 1.807) is 0 Å². The number of carbonyl (C=O) groups excluding carboxylic acids is 1. The van der Waals surface area contributed by atoms with E-state index in [4.69, 9.17) is 5.73 Å². The quantitative estimate of drug-likeness (QED) is 0.918. The van der Waals surface area contributed by atoms with Crippen LogP contribution >= 0.6 is 12.4 Å². The molecule has 1 saturated heterocycles. The van der Waals surface area contributed by atoms with Crippen LogP contribution in [0.4, 0.5) is 5.69 Å². The minimum Gasteiger partial charge on any atom is -0.327 e. The highest BCUT2D eigenvalue weighted by Gasteiger charge is 2.41. The fourth-order valence-electron chi connectivity index (χ4n) is 4.12. The molecule has 1 aliphatic carbocycles. The van der Waals surface area contributed by atoms with Crippen molar-refractivity contribution in [2.45, 2.75) is 38.8 Å². The molecule has 23 heavy (non-hydrogen) atoms. The fourth-order valence-corrected chi connectivity index (χ4v) is 4.12. The number of fused-ring (bicyclic) bond motifs is 1. The smallest absolute Gasteiger partial charge is 0.241 e. The number of hydrogen-bond acceptors (Lipinski definition) is 3. The number of carbonyl (C=O) groups is 1. The number of halogens is 1. The highest BCUT2D eigenvalue weighted by Crippen LogP contribution is 2.37. The van der Waals surface area contributed by atoms with Gasteiger partial charge in [0, 0.05) is 30.9 Å². The van der Waals surface area contributed by atoms with Crippen molar-refractivity contribution in [3.63, 3.8) is 0 Å². The van der Waals surface area contributed by atoms with Crippen LogP contribution < -0.4 is 10.6 Å². The SMILES string of the molecule is CC(C)N(C(=O)CN1CC2CCC(N)C2C1)c1ccccc1.Cl. The van der Waals surface area contributed by atoms with Crippen LogP contribution in [-0.4, -0.2) is 42.5 Å². The Kier molecular flexibility index (Phi) is 6.06. The average Bonchev–Trinajstić information content (AvgIpc) is 3.02. The van der Waals surface area contributed by atoms with Crippen LogP contribution in [0.25, 0.3) is 0 Å². The molecule has 1 aliphatic heterocycles. The van der Waals surface area contributed by atoms with Gasteiger partial charge < -0.3 is 10.6 Å². The molecule has 3 rings (SSSR count). The third kappa shape index (κ3) is 3.87. The predicted octanol–water partition coefficient (Wildman–Crippen LogP) is 2.52. The first-order chi connectivity index (χ1) is 10.6. The predicted molar refractivity (Wildman–Crippen MR) is 96.9 cm³/mol. The average molecular weight is 338 g/mol. The van der Waals surface area contributed by atoms with Gasteiger partial charge in [-0.05, 0) is 50.7 Å². The molecule has 0 radical (unpaired) electrons. The normalized spacial score (nSPS) is 26.9. The van der Waals surface area contributed by atoms with Crippen molar-refractivity contribution >= 4 is 24.0 Å². The van der Waals surface area contributed by atoms with E-state index in [2.05, 4.69) is 18.7 Å². The minimum atomic E-state index is 0. The van der Waals surface area contributed by atoms with Gasteiger partial charge >= 0.3 is 0 Å². The van der Waals surface area contributed by atoms with Crippen LogP contribution in [0.5, 0.6) is 0 Å². The number of anilines is 1. The molecule has 3 atom stereocenters. The van der Waals surface area contributed by atoms with E-state index in [0.717, 1.165) is 25.2 Å². The van der Waals surface area contributed by atoms with Crippen molar-refractivity contribution in [2.75, 3.05) is 24.5 Å². The highest BCUT2D eigenvalue weighted by atomic mass is 35.5. The van der Waals surface area contributed by atoms with E-state index < -0.39 is 0 Å². The molecular weight excluding hydrogens is 310 g/mol. The van der Waals surface area contributed by atoms with E-state index in [9.17, 15) is 4.79 Å². The molecule has 128 valence electrons. The number of likely N-dealkylation sites (tertiary alicyclic amines) is 1. The van der Waals surface area contributed by atoms with E-state index >= 15 is 0 Å². The molecule has 4 nitrogen and oxygen atoms in total. The second kappa shape index (κ2) is 7.65. The Hall–Kier alpha value is -1.10. The zero-order valence-electron chi connectivity index (χ0n) is 14.0. The van der Waals surface area contributed by atoms with Gasteiger partial charge in [0.15, 0.2) is 0 Å². The first-order valence-electron chi connectivity index (χ1n) is 8.41. The van der Waals surface area contributed by atoms with Crippen LogP contribution in [0.15, 0.2) is 30.3 Å². The molecule has 1 aromatic rings. The van der Waals surface area contributed by atoms with Gasteiger partial charge in [0.25, 0.3) is 0 Å². The summed E-state index contributed by atoms with van der Waals surface area (Å²) in [4.78, 5) is 17.0. The Balaban J connectivity index is 0.00000192. The third-order valence-corrected chi connectivity index (χ3v) is 5.17. The van der Waals surface area contributed by atoms with E-state index in [0.29, 0.717) is 24.4 Å². The van der Waals surface area contributed by atoms with Crippen LogP contribution in [0.3, 0.4) is 0 Å². The van der Waals surface area contributed by atoms with Crippen molar-refractivity contribution in [2.24, 2.45) is 17.6 Å². The van der Waals surface area contributed by atoms with Gasteiger partial charge in [-0.15, -0.1) is 12.4 Å². The van der Waals surface area contributed by atoms with Gasteiger partial charge in [0.1, 0.15) is 0 Å². The summed E-state index contributed by atoms with van der Waals surface area (Å²) in [5.74, 6) is 1.48. The van der Waals surface area contributed by atoms with Gasteiger partial charge in [0.2, 0.25) is 5.91 Å². The maximum atomic E-state index is 12.8. The molecule has 0 aromatic heterocycles. The fraction of sp³-hybridized carbons (Fsp3) is 0.611. The third-order valence-electron chi connectivity index (χ3n) is 5.17. The van der Waals surface area contributed by atoms with Gasteiger partial charge in [-0.2, -0.15) is 0 Å². The lowest BCUT2D eigenvalue weighted by Crippen LogP contribution is -2.44. The second-order valence-electron chi connectivity index (χ2n) is 7.05. The topological polar surface area (TPSA) is 49.6 Å². The van der Waals surface area contributed by atoms with Crippen LogP contribution in [0.2, 0.25) is 0 Å². The molecule has 1 heterocycles. The van der Waals surface area contributed by atoms with E-state index in [-0.39, 0.29) is 24.4 Å². The summed E-state index contributed by atoms with van der Waals surface area (Å²) in [6.45, 7) is 6.66. The van der Waals surface area contributed by atoms with Crippen molar-refractivity contribution in [3.05, 3.63) is 30.3 Å². The number of hydrogen-bond donors (Lipinski definition) is 1. The number of rotatable bonds is 4. The lowest BCUT2D eigenvalue weighted by molar-refractivity contribution is -0.119. The molecule has 0 bridgehead atoms. The number of nitrogens with two attached hydrogens (primary N) is 1. The highest BCUT2D eigenvalue weighted by molar-refractivity contribution is 5.95. The molecule has 2 N–H and O–H groups in total. The Morgan fingerprint density at radius 2 is 1.96 bits per heavy atom. The maximum Gasteiger partial charge on any atom is 0.241 e. The standard InChI is InChI=1S/C18H27N3O.ClH/c1-13(2)21(15-6-4-3-5-7-15)18(22)12-20-10-14-8-9-17(19)16(14)11-20;/h3-7,13-14,16-17H,8-12,19H2,1-2H3;1H. The summed E-state index contributed by atoms with van der Waals surface area (Å²) < 4.78 is 0. The molecule has 2 aliphatic rings. The lowest BCUT2D eigenvalue weighted by atomic mass is 9.98. The number of para-hydroxylation sites is 1. The van der Waals surface area contributed by atoms with Crippen molar-refractivity contribution in [3.8, 4) is 0 Å². The summed E-state index contributed by atoms with van der Waals surface area (Å²) in [5, 5.41) is 0. The lowest BCUT2D eigenvalue weighted by Gasteiger charge is -2.29. The molecule has 1 saturated carbocycles. The van der Waals surface area contributed by atoms with Gasteiger partial charge in [-0.1, -0.05) is 18.2 Å². The Morgan fingerprint density at radius 1 is 1.26 bits per heavy atom. The summed E-state index contributed by atoms with van der Waals surface area (Å²) in [6, 6.07) is 10.5. The van der Waals surface area contributed by atoms with Gasteiger partial charge in [0.05, 0.1) is 6.54 Å². The number of amides is 1. The second-order valence-corrected chi connectivity index (χ2v) is 7.05. The molecule has 2 fully saturated rings. The maximum absolute atomic E-state index is 12.8. The first-order valence-corrected chi connectivity index (χ1v) is 8.41. The molecule has 5 heteroatoms. The van der Waals surface area contributed by atoms with Crippen LogP contribution in [0, 0.1) is 11.8 Å². The Morgan fingerprint density at radius 3 is 2.57 bits per heavy atom. The van der Waals surface area contributed by atoms with Crippen molar-refractivity contribution < 1.29 is 4.79 Å². The molecule has 1 amide bonds. The van der Waals surface area contributed by atoms with Crippen LogP contribution in [-0.2, 0) is 4.79 Å². The molecule has 1 aromatic carbocycles. The molecular formula is C18H28ClN3O. The molecule has 3 unspecified atom stereocenters. The summed E-state index contributed by atoms with van der Waals surface area (Å²) in [7, 11) is 0. The zero-order valence-corrected chi connectivity index (χ0v) is 14.8. The van der Waals surface area contributed by atoms with E-state index in [1.165, 1.54) is 6.42 Å².